The molecule has 0 fully saturated rings. The molecular formula is C17H16N2O4. The Balaban J connectivity index is 2.01. The Hall–Kier alpha value is -3.20. The normalized spacial score (nSPS) is 9.61. The van der Waals surface area contributed by atoms with E-state index in [1.165, 1.54) is 7.11 Å². The summed E-state index contributed by atoms with van der Waals surface area (Å²) in [6.45, 7) is -0.214. The number of methoxy groups -OCH3 is 2. The number of hydrogen-bond acceptors (Lipinski definition) is 5. The van der Waals surface area contributed by atoms with Gasteiger partial charge in [-0.05, 0) is 24.3 Å². The van der Waals surface area contributed by atoms with Gasteiger partial charge in [0.15, 0.2) is 6.61 Å². The van der Waals surface area contributed by atoms with Gasteiger partial charge in [0, 0.05) is 6.07 Å². The lowest BCUT2D eigenvalue weighted by molar-refractivity contribution is -0.118. The van der Waals surface area contributed by atoms with Gasteiger partial charge < -0.3 is 19.5 Å². The van der Waals surface area contributed by atoms with Crippen molar-refractivity contribution in [3.8, 4) is 23.3 Å². The molecule has 0 bridgehead atoms. The topological polar surface area (TPSA) is 80.6 Å². The maximum atomic E-state index is 12.0. The molecule has 2 aromatic carbocycles. The zero-order valence-electron chi connectivity index (χ0n) is 12.8. The van der Waals surface area contributed by atoms with E-state index >= 15 is 0 Å². The van der Waals surface area contributed by atoms with Crippen molar-refractivity contribution in [3.63, 3.8) is 0 Å². The molecule has 2 aromatic rings. The molecule has 0 aromatic heterocycles. The van der Waals surface area contributed by atoms with Crippen LogP contribution in [-0.4, -0.2) is 26.7 Å². The van der Waals surface area contributed by atoms with Gasteiger partial charge in [-0.3, -0.25) is 4.79 Å². The summed E-state index contributed by atoms with van der Waals surface area (Å²) < 4.78 is 15.7. The molecule has 0 saturated carbocycles. The summed E-state index contributed by atoms with van der Waals surface area (Å²) >= 11 is 0. The lowest BCUT2D eigenvalue weighted by atomic mass is 10.2. The van der Waals surface area contributed by atoms with Crippen LogP contribution in [0.15, 0.2) is 42.5 Å². The number of rotatable bonds is 6. The van der Waals surface area contributed by atoms with Crippen molar-refractivity contribution in [2.75, 3.05) is 26.1 Å². The van der Waals surface area contributed by atoms with E-state index < -0.39 is 0 Å². The third-order valence-corrected chi connectivity index (χ3v) is 3.05. The van der Waals surface area contributed by atoms with Gasteiger partial charge in [-0.1, -0.05) is 12.1 Å². The molecule has 1 N–H and O–H groups in total. The summed E-state index contributed by atoms with van der Waals surface area (Å²) in [7, 11) is 3.05. The van der Waals surface area contributed by atoms with E-state index in [4.69, 9.17) is 19.5 Å². The summed E-state index contributed by atoms with van der Waals surface area (Å²) in [4.78, 5) is 12.0. The van der Waals surface area contributed by atoms with Gasteiger partial charge in [0.25, 0.3) is 5.91 Å². The van der Waals surface area contributed by atoms with Gasteiger partial charge in [0.05, 0.1) is 25.5 Å². The molecule has 0 aliphatic carbocycles. The number of nitrogens with one attached hydrogen (secondary N) is 1. The first-order valence-electron chi connectivity index (χ1n) is 6.81. The van der Waals surface area contributed by atoms with Crippen LogP contribution in [0.1, 0.15) is 5.56 Å². The van der Waals surface area contributed by atoms with Gasteiger partial charge in [0.2, 0.25) is 0 Å². The predicted molar refractivity (Wildman–Crippen MR) is 84.8 cm³/mol. The van der Waals surface area contributed by atoms with E-state index in [9.17, 15) is 4.79 Å². The number of amides is 1. The molecule has 0 spiro atoms. The molecule has 2 rings (SSSR count). The van der Waals surface area contributed by atoms with Crippen LogP contribution in [0.3, 0.4) is 0 Å². The first-order chi connectivity index (χ1) is 11.2. The Morgan fingerprint density at radius 2 is 1.91 bits per heavy atom. The summed E-state index contributed by atoms with van der Waals surface area (Å²) in [5, 5.41) is 11.7. The smallest absolute Gasteiger partial charge is 0.262 e. The summed E-state index contributed by atoms with van der Waals surface area (Å²) in [5.41, 5.74) is 0.887. The van der Waals surface area contributed by atoms with E-state index in [0.717, 1.165) is 0 Å². The average Bonchev–Trinajstić information content (AvgIpc) is 2.60. The SMILES string of the molecule is COc1ccc(NC(=O)COc2ccccc2C#N)c(OC)c1. The second kappa shape index (κ2) is 7.71. The Labute approximate surface area is 134 Å². The predicted octanol–water partition coefficient (Wildman–Crippen LogP) is 2.59. The minimum Gasteiger partial charge on any atom is -0.497 e. The fourth-order valence-electron chi connectivity index (χ4n) is 1.92. The number of nitrogens with zero attached hydrogens (tertiary/aromatic N) is 1. The van der Waals surface area contributed by atoms with Crippen molar-refractivity contribution in [2.24, 2.45) is 0 Å². The van der Waals surface area contributed by atoms with Crippen molar-refractivity contribution < 1.29 is 19.0 Å². The van der Waals surface area contributed by atoms with Crippen LogP contribution >= 0.6 is 0 Å². The first kappa shape index (κ1) is 16.2. The van der Waals surface area contributed by atoms with E-state index in [2.05, 4.69) is 5.32 Å². The quantitative estimate of drug-likeness (QED) is 0.886. The highest BCUT2D eigenvalue weighted by atomic mass is 16.5. The lowest BCUT2D eigenvalue weighted by Gasteiger charge is -2.12. The van der Waals surface area contributed by atoms with Crippen LogP contribution < -0.4 is 19.5 Å². The van der Waals surface area contributed by atoms with Crippen molar-refractivity contribution in [2.45, 2.75) is 0 Å². The van der Waals surface area contributed by atoms with Crippen LogP contribution in [0, 0.1) is 11.3 Å². The van der Waals surface area contributed by atoms with Crippen LogP contribution in [0.2, 0.25) is 0 Å². The van der Waals surface area contributed by atoms with Gasteiger partial charge >= 0.3 is 0 Å². The third kappa shape index (κ3) is 4.14. The molecule has 0 aliphatic rings. The maximum Gasteiger partial charge on any atom is 0.262 e. The second-order valence-electron chi connectivity index (χ2n) is 4.51. The van der Waals surface area contributed by atoms with Crippen LogP contribution in [0.25, 0.3) is 0 Å². The Bertz CT molecular complexity index is 738. The van der Waals surface area contributed by atoms with Crippen molar-refractivity contribution in [3.05, 3.63) is 48.0 Å². The summed E-state index contributed by atoms with van der Waals surface area (Å²) in [5.74, 6) is 1.11. The van der Waals surface area contributed by atoms with E-state index in [0.29, 0.717) is 28.5 Å². The van der Waals surface area contributed by atoms with E-state index in [1.54, 1.807) is 49.6 Å². The molecule has 0 unspecified atom stereocenters. The fraction of sp³-hybridized carbons (Fsp3) is 0.176. The van der Waals surface area contributed by atoms with Crippen molar-refractivity contribution in [1.29, 1.82) is 5.26 Å². The molecule has 0 radical (unpaired) electrons. The van der Waals surface area contributed by atoms with Gasteiger partial charge in [-0.25, -0.2) is 0 Å². The van der Waals surface area contributed by atoms with Gasteiger partial charge in [-0.15, -0.1) is 0 Å². The number of ether oxygens (including phenoxy) is 3. The largest absolute Gasteiger partial charge is 0.497 e. The number of carbonyl (C=O) groups is 1. The minimum atomic E-state index is -0.360. The van der Waals surface area contributed by atoms with E-state index in [1.807, 2.05) is 6.07 Å². The molecule has 0 saturated heterocycles. The Morgan fingerprint density at radius 1 is 1.13 bits per heavy atom. The molecule has 1 amide bonds. The highest BCUT2D eigenvalue weighted by Crippen LogP contribution is 2.29. The summed E-state index contributed by atoms with van der Waals surface area (Å²) in [6.07, 6.45) is 0. The first-order valence-corrected chi connectivity index (χ1v) is 6.81. The zero-order chi connectivity index (χ0) is 16.7. The molecule has 6 nitrogen and oxygen atoms in total. The molecule has 118 valence electrons. The second-order valence-corrected chi connectivity index (χ2v) is 4.51. The van der Waals surface area contributed by atoms with Crippen molar-refractivity contribution >= 4 is 11.6 Å². The van der Waals surface area contributed by atoms with Crippen LogP contribution in [0.4, 0.5) is 5.69 Å². The molecule has 0 heterocycles. The summed E-state index contributed by atoms with van der Waals surface area (Å²) in [6, 6.07) is 13.8. The zero-order valence-corrected chi connectivity index (χ0v) is 12.8. The van der Waals surface area contributed by atoms with E-state index in [-0.39, 0.29) is 12.5 Å². The fourth-order valence-corrected chi connectivity index (χ4v) is 1.92. The van der Waals surface area contributed by atoms with Crippen molar-refractivity contribution in [1.82, 2.24) is 0 Å². The lowest BCUT2D eigenvalue weighted by Crippen LogP contribution is -2.20. The third-order valence-electron chi connectivity index (χ3n) is 3.05. The number of carbonyl (C=O) groups excluding carboxylic acids is 1. The highest BCUT2D eigenvalue weighted by Gasteiger charge is 2.10. The van der Waals surface area contributed by atoms with Crippen LogP contribution in [-0.2, 0) is 4.79 Å². The highest BCUT2D eigenvalue weighted by molar-refractivity contribution is 5.93. The maximum absolute atomic E-state index is 12.0. The Kier molecular flexibility index (Phi) is 5.42. The standard InChI is InChI=1S/C17H16N2O4/c1-21-13-7-8-14(16(9-13)22-2)19-17(20)11-23-15-6-4-3-5-12(15)10-18/h3-9H,11H2,1-2H3,(H,19,20). The molecular weight excluding hydrogens is 296 g/mol. The number of para-hydroxylation sites is 1. The molecule has 23 heavy (non-hydrogen) atoms. The minimum absolute atomic E-state index is 0.214. The molecule has 0 atom stereocenters. The monoisotopic (exact) mass is 312 g/mol. The molecule has 6 heteroatoms. The Morgan fingerprint density at radius 3 is 2.61 bits per heavy atom. The van der Waals surface area contributed by atoms with Crippen LogP contribution in [0.5, 0.6) is 17.2 Å². The number of anilines is 1. The average molecular weight is 312 g/mol. The van der Waals surface area contributed by atoms with Gasteiger partial charge in [-0.2, -0.15) is 5.26 Å². The number of benzene rings is 2. The van der Waals surface area contributed by atoms with Gasteiger partial charge in [0.1, 0.15) is 23.3 Å². The number of hydrogen-bond donors (Lipinski definition) is 1. The number of nitriles is 1. The molecule has 0 aliphatic heterocycles.